The van der Waals surface area contributed by atoms with E-state index in [0.717, 1.165) is 48.9 Å². The predicted octanol–water partition coefficient (Wildman–Crippen LogP) is 3.96. The summed E-state index contributed by atoms with van der Waals surface area (Å²) in [6.07, 6.45) is 7.67. The summed E-state index contributed by atoms with van der Waals surface area (Å²) in [5.74, 6) is 1.95. The SMILES string of the molecule is Cl.NC1=NC2(CCCCC2)N(c2ccc(OCc3cn(CCCOc4ccc5ccc(=O)oc5c4)nn3)cc2)C(N)=N1. The van der Waals surface area contributed by atoms with Gasteiger partial charge < -0.3 is 25.4 Å². The number of aliphatic imine (C=N–C) groups is 2. The lowest BCUT2D eigenvalue weighted by atomic mass is 9.87. The molecule has 1 aliphatic heterocycles. The number of halogens is 1. The van der Waals surface area contributed by atoms with Crippen molar-refractivity contribution in [3.8, 4) is 11.5 Å². The average Bonchev–Trinajstić information content (AvgIpc) is 3.42. The van der Waals surface area contributed by atoms with Crippen LogP contribution in [-0.4, -0.2) is 39.2 Å². The van der Waals surface area contributed by atoms with Crippen molar-refractivity contribution in [3.63, 3.8) is 0 Å². The number of ether oxygens (including phenoxy) is 2. The van der Waals surface area contributed by atoms with E-state index in [2.05, 4.69) is 15.3 Å². The molecule has 0 unspecified atom stereocenters. The number of nitrogens with two attached hydrogens (primary N) is 2. The molecule has 2 aliphatic rings. The molecule has 0 bridgehead atoms. The molecule has 6 rings (SSSR count). The van der Waals surface area contributed by atoms with Gasteiger partial charge in [0.05, 0.1) is 12.8 Å². The number of hydrogen-bond acceptors (Lipinski definition) is 11. The number of aryl methyl sites for hydroxylation is 1. The van der Waals surface area contributed by atoms with E-state index in [1.54, 1.807) is 16.8 Å². The fourth-order valence-corrected chi connectivity index (χ4v) is 5.40. The Kier molecular flexibility index (Phi) is 8.62. The molecule has 220 valence electrons. The first-order valence-electron chi connectivity index (χ1n) is 13.8. The van der Waals surface area contributed by atoms with Gasteiger partial charge >= 0.3 is 5.63 Å². The maximum atomic E-state index is 11.4. The summed E-state index contributed by atoms with van der Waals surface area (Å²) in [7, 11) is 0. The summed E-state index contributed by atoms with van der Waals surface area (Å²) in [5, 5.41) is 9.25. The van der Waals surface area contributed by atoms with Gasteiger partial charge in [-0.25, -0.2) is 9.79 Å². The molecule has 1 aliphatic carbocycles. The molecule has 2 aromatic heterocycles. The first kappa shape index (κ1) is 28.9. The molecule has 12 nitrogen and oxygen atoms in total. The predicted molar refractivity (Wildman–Crippen MR) is 162 cm³/mol. The monoisotopic (exact) mass is 592 g/mol. The van der Waals surface area contributed by atoms with Crippen LogP contribution in [0.1, 0.15) is 44.2 Å². The van der Waals surface area contributed by atoms with E-state index >= 15 is 0 Å². The Morgan fingerprint density at radius 1 is 0.952 bits per heavy atom. The smallest absolute Gasteiger partial charge is 0.336 e. The zero-order valence-corrected chi connectivity index (χ0v) is 23.8. The lowest BCUT2D eigenvalue weighted by molar-refractivity contribution is 0.297. The Bertz CT molecular complexity index is 1640. The molecule has 42 heavy (non-hydrogen) atoms. The van der Waals surface area contributed by atoms with E-state index in [4.69, 9.17) is 30.4 Å². The van der Waals surface area contributed by atoms with Gasteiger partial charge in [-0.2, -0.15) is 4.99 Å². The van der Waals surface area contributed by atoms with Gasteiger partial charge in [-0.15, -0.1) is 17.5 Å². The second-order valence-corrected chi connectivity index (χ2v) is 10.2. The van der Waals surface area contributed by atoms with E-state index in [0.29, 0.717) is 36.2 Å². The molecular formula is C29H33ClN8O4. The normalized spacial score (nSPS) is 16.0. The third-order valence-corrected chi connectivity index (χ3v) is 7.31. The minimum absolute atomic E-state index is 0. The van der Waals surface area contributed by atoms with Gasteiger partial charge in [0.15, 0.2) is 0 Å². The highest BCUT2D eigenvalue weighted by Crippen LogP contribution is 2.39. The average molecular weight is 593 g/mol. The molecule has 4 N–H and O–H groups in total. The number of nitrogens with zero attached hydrogens (tertiary/aromatic N) is 6. The van der Waals surface area contributed by atoms with Crippen LogP contribution in [0, 0.1) is 0 Å². The Morgan fingerprint density at radius 3 is 2.52 bits per heavy atom. The molecule has 0 atom stereocenters. The summed E-state index contributed by atoms with van der Waals surface area (Å²) in [6, 6.07) is 16.3. The summed E-state index contributed by atoms with van der Waals surface area (Å²) < 4.78 is 18.7. The van der Waals surface area contributed by atoms with E-state index < -0.39 is 5.66 Å². The third-order valence-electron chi connectivity index (χ3n) is 7.31. The van der Waals surface area contributed by atoms with Gasteiger partial charge in [-0.1, -0.05) is 11.6 Å². The maximum absolute atomic E-state index is 11.4. The van der Waals surface area contributed by atoms with Gasteiger partial charge in [0.2, 0.25) is 11.9 Å². The molecule has 13 heteroatoms. The van der Waals surface area contributed by atoms with Crippen molar-refractivity contribution in [1.82, 2.24) is 15.0 Å². The van der Waals surface area contributed by atoms with Crippen LogP contribution in [0.15, 0.2) is 80.0 Å². The molecule has 0 amide bonds. The van der Waals surface area contributed by atoms with E-state index in [1.807, 2.05) is 47.5 Å². The highest BCUT2D eigenvalue weighted by Gasteiger charge is 2.42. The van der Waals surface area contributed by atoms with Crippen molar-refractivity contribution < 1.29 is 13.9 Å². The highest BCUT2D eigenvalue weighted by atomic mass is 35.5. The number of fused-ring (bicyclic) bond motifs is 1. The number of guanidine groups is 2. The van der Waals surface area contributed by atoms with E-state index in [-0.39, 0.29) is 30.6 Å². The Morgan fingerprint density at radius 2 is 1.71 bits per heavy atom. The summed E-state index contributed by atoms with van der Waals surface area (Å²) in [6.45, 7) is 1.40. The quantitative estimate of drug-likeness (QED) is 0.216. The molecule has 2 aromatic carbocycles. The van der Waals surface area contributed by atoms with Crippen LogP contribution >= 0.6 is 12.4 Å². The standard InChI is InChI=1S/C29H32N8O4.ClH/c30-27-32-28(31)37(29(33-27)13-2-1-3-14-29)22-7-10-23(11-8-22)40-19-21-18-36(35-34-21)15-4-16-39-24-9-5-20-6-12-26(38)41-25(20)17-24;/h5-12,17-18H,1-4,13-16,19H2,(H4,30,31,32,33);1H. The minimum atomic E-state index is -0.479. The second-order valence-electron chi connectivity index (χ2n) is 10.2. The minimum Gasteiger partial charge on any atom is -0.493 e. The van der Waals surface area contributed by atoms with Crippen molar-refractivity contribution in [2.45, 2.75) is 57.3 Å². The zero-order chi connectivity index (χ0) is 28.2. The molecule has 1 fully saturated rings. The van der Waals surface area contributed by atoms with Crippen molar-refractivity contribution in [2.24, 2.45) is 21.5 Å². The summed E-state index contributed by atoms with van der Waals surface area (Å²) >= 11 is 0. The zero-order valence-electron chi connectivity index (χ0n) is 23.0. The highest BCUT2D eigenvalue weighted by molar-refractivity contribution is 6.05. The number of benzene rings is 2. The number of anilines is 1. The lowest BCUT2D eigenvalue weighted by Crippen LogP contribution is -2.58. The van der Waals surface area contributed by atoms with E-state index in [9.17, 15) is 4.79 Å². The molecule has 1 spiro atoms. The largest absolute Gasteiger partial charge is 0.493 e. The van der Waals surface area contributed by atoms with Crippen molar-refractivity contribution in [3.05, 3.63) is 76.9 Å². The fourth-order valence-electron chi connectivity index (χ4n) is 5.40. The molecule has 3 heterocycles. The van der Waals surface area contributed by atoms with Crippen LogP contribution in [-0.2, 0) is 13.2 Å². The van der Waals surface area contributed by atoms with E-state index in [1.165, 1.54) is 12.5 Å². The topological polar surface area (TPSA) is 159 Å². The molecule has 0 radical (unpaired) electrons. The first-order valence-corrected chi connectivity index (χ1v) is 13.8. The van der Waals surface area contributed by atoms with Crippen LogP contribution in [0.25, 0.3) is 11.0 Å². The number of aromatic nitrogens is 3. The molecule has 1 saturated carbocycles. The Hall–Kier alpha value is -4.58. The molecule has 0 saturated heterocycles. The van der Waals surface area contributed by atoms with Crippen LogP contribution < -0.4 is 31.5 Å². The van der Waals surface area contributed by atoms with Gasteiger partial charge in [-0.3, -0.25) is 9.58 Å². The lowest BCUT2D eigenvalue weighted by Gasteiger charge is -2.45. The third kappa shape index (κ3) is 6.33. The van der Waals surface area contributed by atoms with Crippen LogP contribution in [0.5, 0.6) is 11.5 Å². The van der Waals surface area contributed by atoms with Crippen LogP contribution in [0.4, 0.5) is 5.69 Å². The first-order chi connectivity index (χ1) is 20.0. The van der Waals surface area contributed by atoms with Crippen molar-refractivity contribution in [2.75, 3.05) is 11.5 Å². The molecule has 4 aromatic rings. The number of hydrogen-bond donors (Lipinski definition) is 2. The molecular weight excluding hydrogens is 560 g/mol. The van der Waals surface area contributed by atoms with Crippen molar-refractivity contribution >= 4 is 41.0 Å². The fraction of sp³-hybridized carbons (Fsp3) is 0.345. The van der Waals surface area contributed by atoms with Crippen molar-refractivity contribution in [1.29, 1.82) is 0 Å². The summed E-state index contributed by atoms with van der Waals surface area (Å²) in [4.78, 5) is 22.4. The van der Waals surface area contributed by atoms with Gasteiger partial charge in [0, 0.05) is 36.2 Å². The second kappa shape index (κ2) is 12.5. The van der Waals surface area contributed by atoms with Gasteiger partial charge in [-0.05, 0) is 68.1 Å². The Labute approximate surface area is 248 Å². The Balaban J connectivity index is 0.00000353. The van der Waals surface area contributed by atoms with Gasteiger partial charge in [0.1, 0.15) is 35.0 Å². The maximum Gasteiger partial charge on any atom is 0.336 e. The number of rotatable bonds is 9. The van der Waals surface area contributed by atoms with Crippen LogP contribution in [0.3, 0.4) is 0 Å². The summed E-state index contributed by atoms with van der Waals surface area (Å²) in [5.41, 5.74) is 13.6. The van der Waals surface area contributed by atoms with Gasteiger partial charge in [0.25, 0.3) is 0 Å². The van der Waals surface area contributed by atoms with Crippen LogP contribution in [0.2, 0.25) is 0 Å².